The summed E-state index contributed by atoms with van der Waals surface area (Å²) in [5.74, 6) is 0.489. The SMILES string of the molecule is Nc1nncc(-c2cccc([N+](=O)[O-])c2)n1.O=[N+]([O-])c1cccc(-c2cnn3ccnc3n2)c1. The van der Waals surface area contributed by atoms with Gasteiger partial charge in [-0.05, 0) is 0 Å². The average molecular weight is 458 g/mol. The third kappa shape index (κ3) is 4.91. The van der Waals surface area contributed by atoms with Gasteiger partial charge in [-0.25, -0.2) is 19.5 Å². The van der Waals surface area contributed by atoms with Gasteiger partial charge in [-0.3, -0.25) is 20.2 Å². The Morgan fingerprint density at radius 2 is 1.47 bits per heavy atom. The van der Waals surface area contributed by atoms with Crippen LogP contribution in [0, 0.1) is 20.2 Å². The monoisotopic (exact) mass is 458 g/mol. The molecule has 0 saturated carbocycles. The highest BCUT2D eigenvalue weighted by atomic mass is 16.6. The molecule has 0 radical (unpaired) electrons. The van der Waals surface area contributed by atoms with Gasteiger partial charge < -0.3 is 5.73 Å². The van der Waals surface area contributed by atoms with Crippen molar-refractivity contribution in [3.63, 3.8) is 0 Å². The summed E-state index contributed by atoms with van der Waals surface area (Å²) < 4.78 is 1.53. The maximum Gasteiger partial charge on any atom is 0.270 e. The Balaban J connectivity index is 0.000000162. The van der Waals surface area contributed by atoms with E-state index in [1.54, 1.807) is 42.9 Å². The molecule has 0 aliphatic carbocycles. The molecule has 5 rings (SSSR count). The van der Waals surface area contributed by atoms with Gasteiger partial charge in [-0.1, -0.05) is 24.3 Å². The van der Waals surface area contributed by atoms with Gasteiger partial charge in [-0.2, -0.15) is 10.2 Å². The highest BCUT2D eigenvalue weighted by molar-refractivity contribution is 5.63. The summed E-state index contributed by atoms with van der Waals surface area (Å²) in [4.78, 5) is 32.6. The molecular weight excluding hydrogens is 444 g/mol. The second-order valence-corrected chi connectivity index (χ2v) is 6.63. The van der Waals surface area contributed by atoms with E-state index in [1.807, 2.05) is 0 Å². The summed E-state index contributed by atoms with van der Waals surface area (Å²) in [5.41, 5.74) is 7.62. The number of nitrogens with zero attached hydrogens (tertiary/aromatic N) is 9. The fraction of sp³-hybridized carbons (Fsp3) is 0. The second kappa shape index (κ2) is 9.39. The normalized spacial score (nSPS) is 10.4. The van der Waals surface area contributed by atoms with Crippen molar-refractivity contribution < 1.29 is 9.85 Å². The molecular formula is C20H14N10O4. The Morgan fingerprint density at radius 1 is 0.853 bits per heavy atom. The number of nitrogens with two attached hydrogens (primary N) is 1. The van der Waals surface area contributed by atoms with Crippen LogP contribution < -0.4 is 5.73 Å². The molecule has 0 fully saturated rings. The van der Waals surface area contributed by atoms with E-state index in [-0.39, 0.29) is 17.3 Å². The minimum absolute atomic E-state index is 0.00492. The fourth-order valence-corrected chi connectivity index (χ4v) is 2.87. The summed E-state index contributed by atoms with van der Waals surface area (Å²) >= 11 is 0. The third-order valence-electron chi connectivity index (χ3n) is 4.41. The number of hydrogen-bond acceptors (Lipinski definition) is 11. The van der Waals surface area contributed by atoms with Gasteiger partial charge in [0.05, 0.1) is 39.8 Å². The number of nitro groups is 2. The van der Waals surface area contributed by atoms with Crippen molar-refractivity contribution >= 4 is 23.1 Å². The van der Waals surface area contributed by atoms with Gasteiger partial charge in [0.25, 0.3) is 17.2 Å². The van der Waals surface area contributed by atoms with Crippen LogP contribution in [-0.4, -0.2) is 44.6 Å². The number of aromatic nitrogens is 7. The Kier molecular flexibility index (Phi) is 6.03. The van der Waals surface area contributed by atoms with Crippen molar-refractivity contribution in [2.45, 2.75) is 0 Å². The molecule has 0 unspecified atom stereocenters. The van der Waals surface area contributed by atoms with E-state index in [2.05, 4.69) is 30.2 Å². The zero-order chi connectivity index (χ0) is 24.1. The van der Waals surface area contributed by atoms with Crippen molar-refractivity contribution in [2.75, 3.05) is 5.73 Å². The van der Waals surface area contributed by atoms with Crippen molar-refractivity contribution in [2.24, 2.45) is 0 Å². The number of nitro benzene ring substituents is 2. The minimum atomic E-state index is -0.471. The van der Waals surface area contributed by atoms with Crippen LogP contribution in [0.1, 0.15) is 0 Å². The molecule has 3 heterocycles. The second-order valence-electron chi connectivity index (χ2n) is 6.63. The van der Waals surface area contributed by atoms with Crippen LogP contribution in [0.3, 0.4) is 0 Å². The standard InChI is InChI=1S/C11H7N5O2.C9H7N5O2/c17-16(18)9-3-1-2-8(6-9)10-7-13-15-5-4-12-11(15)14-10;10-9-12-8(5-11-13-9)6-2-1-3-7(4-6)14(15)16/h1-7H;1-5H,(H2,10,12,13). The van der Waals surface area contributed by atoms with Crippen molar-refractivity contribution in [1.82, 2.24) is 34.8 Å². The van der Waals surface area contributed by atoms with Crippen LogP contribution in [0.5, 0.6) is 0 Å². The van der Waals surface area contributed by atoms with Crippen LogP contribution in [0.25, 0.3) is 28.3 Å². The number of nitrogen functional groups attached to an aromatic ring is 1. The predicted octanol–water partition coefficient (Wildman–Crippen LogP) is 2.73. The topological polar surface area (TPSA) is 194 Å². The third-order valence-corrected chi connectivity index (χ3v) is 4.41. The summed E-state index contributed by atoms with van der Waals surface area (Å²) in [6, 6.07) is 12.3. The first kappa shape index (κ1) is 21.8. The highest BCUT2D eigenvalue weighted by Gasteiger charge is 2.10. The van der Waals surface area contributed by atoms with Crippen molar-refractivity contribution in [3.8, 4) is 22.5 Å². The first-order valence-corrected chi connectivity index (χ1v) is 9.52. The number of non-ortho nitro benzene ring substituents is 2. The van der Waals surface area contributed by atoms with E-state index >= 15 is 0 Å². The first-order chi connectivity index (χ1) is 16.4. The van der Waals surface area contributed by atoms with E-state index in [1.165, 1.54) is 35.0 Å². The molecule has 14 heteroatoms. The molecule has 0 saturated heterocycles. The Morgan fingerprint density at radius 3 is 2.06 bits per heavy atom. The van der Waals surface area contributed by atoms with Gasteiger partial charge in [-0.15, -0.1) is 5.10 Å². The lowest BCUT2D eigenvalue weighted by molar-refractivity contribution is -0.385. The van der Waals surface area contributed by atoms with Crippen LogP contribution in [0.2, 0.25) is 0 Å². The summed E-state index contributed by atoms with van der Waals surface area (Å²) in [7, 11) is 0. The van der Waals surface area contributed by atoms with Crippen LogP contribution in [0.4, 0.5) is 17.3 Å². The number of anilines is 1. The van der Waals surface area contributed by atoms with Crippen molar-refractivity contribution in [3.05, 3.63) is 93.5 Å². The molecule has 0 bridgehead atoms. The highest BCUT2D eigenvalue weighted by Crippen LogP contribution is 2.22. The minimum Gasteiger partial charge on any atom is -0.366 e. The lowest BCUT2D eigenvalue weighted by Gasteiger charge is -2.00. The van der Waals surface area contributed by atoms with E-state index in [0.29, 0.717) is 28.3 Å². The van der Waals surface area contributed by atoms with Gasteiger partial charge in [0, 0.05) is 41.6 Å². The van der Waals surface area contributed by atoms with E-state index in [0.717, 1.165) is 0 Å². The average Bonchev–Trinajstić information content (AvgIpc) is 3.33. The number of hydrogen-bond donors (Lipinski definition) is 1. The first-order valence-electron chi connectivity index (χ1n) is 9.52. The maximum absolute atomic E-state index is 10.7. The molecule has 34 heavy (non-hydrogen) atoms. The zero-order valence-corrected chi connectivity index (χ0v) is 17.2. The number of fused-ring (bicyclic) bond motifs is 1. The Hall–Kier alpha value is -5.40. The van der Waals surface area contributed by atoms with E-state index < -0.39 is 9.85 Å². The molecule has 0 amide bonds. The number of rotatable bonds is 4. The molecule has 3 aromatic heterocycles. The van der Waals surface area contributed by atoms with Gasteiger partial charge in [0.1, 0.15) is 0 Å². The zero-order valence-electron chi connectivity index (χ0n) is 17.2. The molecule has 14 nitrogen and oxygen atoms in total. The van der Waals surface area contributed by atoms with Crippen LogP contribution in [0.15, 0.2) is 73.3 Å². The maximum atomic E-state index is 10.7. The quantitative estimate of drug-likeness (QED) is 0.307. The lowest BCUT2D eigenvalue weighted by atomic mass is 10.1. The molecule has 0 aliphatic heterocycles. The lowest BCUT2D eigenvalue weighted by Crippen LogP contribution is -1.98. The predicted molar refractivity (Wildman–Crippen MR) is 119 cm³/mol. The molecule has 2 aromatic carbocycles. The Bertz CT molecular complexity index is 1500. The summed E-state index contributed by atoms with van der Waals surface area (Å²) in [6.07, 6.45) is 6.22. The van der Waals surface area contributed by atoms with Crippen LogP contribution >= 0.6 is 0 Å². The van der Waals surface area contributed by atoms with Gasteiger partial charge in [0.15, 0.2) is 0 Å². The van der Waals surface area contributed by atoms with E-state index in [9.17, 15) is 20.2 Å². The van der Waals surface area contributed by atoms with E-state index in [4.69, 9.17) is 5.73 Å². The summed E-state index contributed by atoms with van der Waals surface area (Å²) in [6.45, 7) is 0. The summed E-state index contributed by atoms with van der Waals surface area (Å²) in [5, 5.41) is 32.5. The largest absolute Gasteiger partial charge is 0.366 e. The fourth-order valence-electron chi connectivity index (χ4n) is 2.87. The molecule has 0 spiro atoms. The molecule has 168 valence electrons. The number of imidazole rings is 1. The molecule has 5 aromatic rings. The number of benzene rings is 2. The molecule has 2 N–H and O–H groups in total. The van der Waals surface area contributed by atoms with Gasteiger partial charge in [0.2, 0.25) is 5.95 Å². The van der Waals surface area contributed by atoms with Gasteiger partial charge >= 0.3 is 0 Å². The smallest absolute Gasteiger partial charge is 0.270 e. The Labute approximate surface area is 190 Å². The molecule has 0 atom stereocenters. The molecule has 0 aliphatic rings. The van der Waals surface area contributed by atoms with Crippen LogP contribution in [-0.2, 0) is 0 Å². The van der Waals surface area contributed by atoms with Crippen molar-refractivity contribution in [1.29, 1.82) is 0 Å².